The van der Waals surface area contributed by atoms with Crippen LogP contribution in [0.4, 0.5) is 5.69 Å². The minimum atomic E-state index is -1.92. The van der Waals surface area contributed by atoms with Crippen LogP contribution in [-0.2, 0) is 32.9 Å². The average molecular weight is 508 g/mol. The molecule has 36 heavy (non-hydrogen) atoms. The summed E-state index contributed by atoms with van der Waals surface area (Å²) < 4.78 is 26.2. The first-order valence-corrected chi connectivity index (χ1v) is 12.5. The number of hydrogen-bond acceptors (Lipinski definition) is 8. The maximum Gasteiger partial charge on any atom is 0.275 e. The fraction of sp³-hybridized carbons (Fsp3) is 0.240. The summed E-state index contributed by atoms with van der Waals surface area (Å²) in [5.41, 5.74) is 3.90. The van der Waals surface area contributed by atoms with Crippen LogP contribution in [0.3, 0.4) is 0 Å². The van der Waals surface area contributed by atoms with Crippen molar-refractivity contribution in [2.75, 3.05) is 5.32 Å². The summed E-state index contributed by atoms with van der Waals surface area (Å²) in [6.07, 6.45) is 4.47. The molecule has 4 rings (SSSR count). The van der Waals surface area contributed by atoms with Crippen LogP contribution in [0.1, 0.15) is 40.5 Å². The van der Waals surface area contributed by atoms with E-state index < -0.39 is 17.3 Å². The summed E-state index contributed by atoms with van der Waals surface area (Å²) in [7, 11) is 0. The van der Waals surface area contributed by atoms with Gasteiger partial charge in [0.15, 0.2) is 17.4 Å². The molecule has 0 bridgehead atoms. The largest absolute Gasteiger partial charge is 0.340 e. The molecule has 2 aromatic carbocycles. The predicted octanol–water partition coefficient (Wildman–Crippen LogP) is 2.99. The van der Waals surface area contributed by atoms with Crippen molar-refractivity contribution >= 4 is 34.7 Å². The first-order chi connectivity index (χ1) is 17.5. The molecule has 3 unspecified atom stereocenters. The van der Waals surface area contributed by atoms with Gasteiger partial charge in [0, 0.05) is 23.6 Å². The molecule has 0 radical (unpaired) electrons. The number of aldehydes is 1. The molecule has 2 N–H and O–H groups in total. The molecule has 0 saturated carbocycles. The molecule has 1 aliphatic rings. The Labute approximate surface area is 210 Å². The molecule has 186 valence electrons. The van der Waals surface area contributed by atoms with Gasteiger partial charge in [-0.05, 0) is 29.7 Å². The number of aromatic nitrogens is 2. The molecule has 1 aliphatic heterocycles. The van der Waals surface area contributed by atoms with Crippen molar-refractivity contribution in [2.45, 2.75) is 38.0 Å². The number of nitrogens with one attached hydrogen (secondary N) is 1. The first kappa shape index (κ1) is 25.3. The van der Waals surface area contributed by atoms with E-state index >= 15 is 0 Å². The zero-order valence-corrected chi connectivity index (χ0v) is 20.3. The van der Waals surface area contributed by atoms with E-state index in [-0.39, 0.29) is 23.5 Å². The summed E-state index contributed by atoms with van der Waals surface area (Å²) in [5.74, 6) is -0.313. The molecule has 0 spiro atoms. The van der Waals surface area contributed by atoms with Crippen molar-refractivity contribution in [2.24, 2.45) is 5.10 Å². The van der Waals surface area contributed by atoms with E-state index in [0.29, 0.717) is 24.4 Å². The third-order valence-electron chi connectivity index (χ3n) is 5.52. The molecule has 0 fully saturated rings. The Bertz CT molecular complexity index is 1250. The van der Waals surface area contributed by atoms with Crippen molar-refractivity contribution in [3.05, 3.63) is 89.5 Å². The number of nitrogens with zero attached hydrogens (tertiary/aromatic N) is 4. The topological polar surface area (TPSA) is 134 Å². The second-order valence-corrected chi connectivity index (χ2v) is 8.98. The molecule has 0 saturated heterocycles. The van der Waals surface area contributed by atoms with E-state index in [1.54, 1.807) is 29.3 Å². The molecule has 11 heteroatoms. The number of ether oxygens (including phenoxy) is 1. The molecule has 1 aromatic heterocycles. The second-order valence-electron chi connectivity index (χ2n) is 8.05. The smallest absolute Gasteiger partial charge is 0.275 e. The summed E-state index contributed by atoms with van der Waals surface area (Å²) in [5, 5.41) is 9.10. The average Bonchev–Trinajstić information content (AvgIpc) is 2.90. The van der Waals surface area contributed by atoms with E-state index in [2.05, 4.69) is 15.3 Å². The Morgan fingerprint density at radius 2 is 1.86 bits per heavy atom. The van der Waals surface area contributed by atoms with E-state index in [9.17, 15) is 13.8 Å². The van der Waals surface area contributed by atoms with Gasteiger partial charge in [-0.2, -0.15) is 5.10 Å². The molecular formula is C25H25N5O5S. The number of amides is 1. The highest BCUT2D eigenvalue weighted by Crippen LogP contribution is 2.23. The Kier molecular flexibility index (Phi) is 8.26. The predicted molar refractivity (Wildman–Crippen MR) is 134 cm³/mol. The van der Waals surface area contributed by atoms with Gasteiger partial charge in [-0.15, -0.1) is 0 Å². The lowest BCUT2D eigenvalue weighted by atomic mass is 10.0. The van der Waals surface area contributed by atoms with Crippen molar-refractivity contribution < 1.29 is 23.1 Å². The van der Waals surface area contributed by atoms with Crippen LogP contribution in [0, 0.1) is 0 Å². The Balaban J connectivity index is 1.50. The van der Waals surface area contributed by atoms with E-state index in [1.807, 2.05) is 31.2 Å². The highest BCUT2D eigenvalue weighted by atomic mass is 32.2. The maximum absolute atomic E-state index is 12.3. The Hall–Kier alpha value is -3.80. The third kappa shape index (κ3) is 6.25. The van der Waals surface area contributed by atoms with Crippen LogP contribution in [0.5, 0.6) is 0 Å². The molecule has 3 aromatic rings. The van der Waals surface area contributed by atoms with Gasteiger partial charge in [0.25, 0.3) is 5.91 Å². The fourth-order valence-corrected chi connectivity index (χ4v) is 4.21. The van der Waals surface area contributed by atoms with Gasteiger partial charge in [-0.1, -0.05) is 43.3 Å². The summed E-state index contributed by atoms with van der Waals surface area (Å²) >= 11 is -1.92. The quantitative estimate of drug-likeness (QED) is 0.333. The molecule has 1 amide bonds. The number of hydrogen-bond donors (Lipinski definition) is 2. The van der Waals surface area contributed by atoms with Crippen LogP contribution in [0.15, 0.2) is 72.2 Å². The van der Waals surface area contributed by atoms with Crippen LogP contribution in [0.2, 0.25) is 0 Å². The van der Waals surface area contributed by atoms with Crippen molar-refractivity contribution in [3.8, 4) is 0 Å². The fourth-order valence-electron chi connectivity index (χ4n) is 3.73. The zero-order valence-electron chi connectivity index (χ0n) is 19.5. The SMILES string of the molecule is CCC1OC(C=O)N(Cc2ccc(NC(=O)c3cnccn3)cc2)N=C1c1ccc(CS(=O)O)cc1. The van der Waals surface area contributed by atoms with Crippen LogP contribution in [0.25, 0.3) is 0 Å². The van der Waals surface area contributed by atoms with Gasteiger partial charge >= 0.3 is 0 Å². The minimum Gasteiger partial charge on any atom is -0.340 e. The van der Waals surface area contributed by atoms with Crippen LogP contribution in [-0.4, -0.2) is 54.0 Å². The molecule has 10 nitrogen and oxygen atoms in total. The van der Waals surface area contributed by atoms with Crippen molar-refractivity contribution in [3.63, 3.8) is 0 Å². The number of anilines is 1. The minimum absolute atomic E-state index is 0.0506. The second kappa shape index (κ2) is 11.8. The van der Waals surface area contributed by atoms with Crippen LogP contribution < -0.4 is 5.32 Å². The Morgan fingerprint density at radius 1 is 1.14 bits per heavy atom. The van der Waals surface area contributed by atoms with Gasteiger partial charge < -0.3 is 14.6 Å². The lowest BCUT2D eigenvalue weighted by Crippen LogP contribution is -2.45. The summed E-state index contributed by atoms with van der Waals surface area (Å²) in [6.45, 7) is 2.26. The monoisotopic (exact) mass is 507 g/mol. The zero-order chi connectivity index (χ0) is 25.5. The highest BCUT2D eigenvalue weighted by molar-refractivity contribution is 7.78. The lowest BCUT2D eigenvalue weighted by Gasteiger charge is -2.35. The number of carbonyl (C=O) groups is 2. The third-order valence-corrected chi connectivity index (χ3v) is 6.10. The van der Waals surface area contributed by atoms with Crippen molar-refractivity contribution in [1.82, 2.24) is 15.0 Å². The van der Waals surface area contributed by atoms with Gasteiger partial charge in [0.05, 0.1) is 24.2 Å². The number of hydrazone groups is 1. The van der Waals surface area contributed by atoms with Crippen molar-refractivity contribution in [1.29, 1.82) is 0 Å². The molecular weight excluding hydrogens is 482 g/mol. The van der Waals surface area contributed by atoms with Gasteiger partial charge in [-0.25, -0.2) is 9.19 Å². The number of carbonyl (C=O) groups excluding carboxylic acids is 2. The van der Waals surface area contributed by atoms with Crippen LogP contribution >= 0.6 is 0 Å². The van der Waals surface area contributed by atoms with E-state index in [0.717, 1.165) is 23.0 Å². The summed E-state index contributed by atoms with van der Waals surface area (Å²) in [6, 6.07) is 14.4. The van der Waals surface area contributed by atoms with Gasteiger partial charge in [0.1, 0.15) is 11.8 Å². The maximum atomic E-state index is 12.3. The van der Waals surface area contributed by atoms with Gasteiger partial charge in [0.2, 0.25) is 6.23 Å². The molecule has 3 atom stereocenters. The number of benzene rings is 2. The van der Waals surface area contributed by atoms with E-state index in [1.165, 1.54) is 18.6 Å². The Morgan fingerprint density at radius 3 is 2.47 bits per heavy atom. The lowest BCUT2D eigenvalue weighted by molar-refractivity contribution is -0.139. The standard InChI is InChI=1S/C25H25N5O5S/c1-2-22-24(19-7-3-18(4-8-19)16-36(33)34)29-30(23(15-31)35-22)14-17-5-9-20(10-6-17)28-25(32)21-13-26-11-12-27-21/h3-13,15,22-23H,2,14,16H2,1H3,(H,28,32)(H,33,34). The summed E-state index contributed by atoms with van der Waals surface area (Å²) in [4.78, 5) is 31.9. The first-order valence-electron chi connectivity index (χ1n) is 11.3. The molecule has 0 aliphatic carbocycles. The van der Waals surface area contributed by atoms with Gasteiger partial charge in [-0.3, -0.25) is 19.6 Å². The molecule has 2 heterocycles. The highest BCUT2D eigenvalue weighted by Gasteiger charge is 2.31. The van der Waals surface area contributed by atoms with E-state index in [4.69, 9.17) is 14.4 Å². The normalized spacial score (nSPS) is 18.3. The number of rotatable bonds is 9.